The zero-order valence-corrected chi connectivity index (χ0v) is 9.76. The maximum atomic E-state index is 11.8. The Balaban J connectivity index is 1.68. The third-order valence-electron chi connectivity index (χ3n) is 3.23. The molecule has 1 aromatic carbocycles. The Kier molecular flexibility index (Phi) is 2.76. The van der Waals surface area contributed by atoms with E-state index >= 15 is 0 Å². The Morgan fingerprint density at radius 3 is 2.94 bits per heavy atom. The van der Waals surface area contributed by atoms with Crippen LogP contribution in [0.1, 0.15) is 28.2 Å². The molecule has 1 heterocycles. The molecular weight excluding hydrogens is 230 g/mol. The Hall–Kier alpha value is -2.24. The second-order valence-corrected chi connectivity index (χ2v) is 4.42. The highest BCUT2D eigenvalue weighted by atomic mass is 16.2. The van der Waals surface area contributed by atoms with Gasteiger partial charge < -0.3 is 5.32 Å². The number of nitrogens with one attached hydrogen (secondary N) is 2. The number of benzene rings is 1. The number of rotatable bonds is 2. The molecule has 1 aliphatic rings. The predicted molar refractivity (Wildman–Crippen MR) is 63.9 cm³/mol. The van der Waals surface area contributed by atoms with E-state index in [1.165, 1.54) is 11.1 Å². The van der Waals surface area contributed by atoms with Gasteiger partial charge in [0.1, 0.15) is 0 Å². The normalized spacial score (nSPS) is 18.1. The summed E-state index contributed by atoms with van der Waals surface area (Å²) in [4.78, 5) is 11.8. The fourth-order valence-electron chi connectivity index (χ4n) is 2.33. The molecule has 0 saturated heterocycles. The van der Waals surface area contributed by atoms with E-state index in [4.69, 9.17) is 0 Å². The average Bonchev–Trinajstić information content (AvgIpc) is 2.92. The fraction of sp³-hybridized carbons (Fsp3) is 0.333. The largest absolute Gasteiger partial charge is 0.346 e. The molecular formula is C12H13N5O. The molecule has 1 aliphatic carbocycles. The maximum Gasteiger partial charge on any atom is 0.293 e. The van der Waals surface area contributed by atoms with E-state index in [1.807, 2.05) is 6.07 Å². The van der Waals surface area contributed by atoms with Crippen LogP contribution in [-0.4, -0.2) is 32.6 Å². The summed E-state index contributed by atoms with van der Waals surface area (Å²) < 4.78 is 0. The lowest BCUT2D eigenvalue weighted by Gasteiger charge is -2.24. The predicted octanol–water partition coefficient (Wildman–Crippen LogP) is 0.487. The van der Waals surface area contributed by atoms with Crippen molar-refractivity contribution in [2.75, 3.05) is 0 Å². The number of aromatic nitrogens is 4. The number of aryl methyl sites for hydroxylation is 1. The van der Waals surface area contributed by atoms with Crippen molar-refractivity contribution in [3.8, 4) is 0 Å². The topological polar surface area (TPSA) is 83.6 Å². The van der Waals surface area contributed by atoms with Gasteiger partial charge in [-0.05, 0) is 35.6 Å². The molecule has 0 spiro atoms. The average molecular weight is 243 g/mol. The van der Waals surface area contributed by atoms with Crippen molar-refractivity contribution < 1.29 is 4.79 Å². The molecule has 2 aromatic rings. The summed E-state index contributed by atoms with van der Waals surface area (Å²) in [6, 6.07) is 8.49. The quantitative estimate of drug-likeness (QED) is 0.804. The Morgan fingerprint density at radius 2 is 2.17 bits per heavy atom. The SMILES string of the molecule is O=C(NC1CCc2ccccc2C1)c1nn[nH]n1. The Labute approximate surface area is 104 Å². The van der Waals surface area contributed by atoms with Crippen molar-refractivity contribution in [1.29, 1.82) is 0 Å². The minimum absolute atomic E-state index is 0.0915. The van der Waals surface area contributed by atoms with E-state index in [-0.39, 0.29) is 17.8 Å². The molecule has 1 atom stereocenters. The van der Waals surface area contributed by atoms with Gasteiger partial charge in [0.05, 0.1) is 0 Å². The molecule has 1 unspecified atom stereocenters. The first kappa shape index (κ1) is 10.9. The van der Waals surface area contributed by atoms with E-state index in [0.717, 1.165) is 19.3 Å². The van der Waals surface area contributed by atoms with Gasteiger partial charge in [-0.3, -0.25) is 4.79 Å². The minimum atomic E-state index is -0.270. The zero-order chi connectivity index (χ0) is 12.4. The highest BCUT2D eigenvalue weighted by molar-refractivity contribution is 5.90. The number of aromatic amines is 1. The van der Waals surface area contributed by atoms with Crippen LogP contribution < -0.4 is 5.32 Å². The molecule has 1 amide bonds. The van der Waals surface area contributed by atoms with E-state index in [0.29, 0.717) is 0 Å². The molecule has 1 aromatic heterocycles. The lowest BCUT2D eigenvalue weighted by Crippen LogP contribution is -2.39. The number of tetrazole rings is 1. The van der Waals surface area contributed by atoms with Crippen LogP contribution in [0, 0.1) is 0 Å². The van der Waals surface area contributed by atoms with Gasteiger partial charge in [-0.1, -0.05) is 24.3 Å². The van der Waals surface area contributed by atoms with Gasteiger partial charge in [-0.2, -0.15) is 5.21 Å². The molecule has 18 heavy (non-hydrogen) atoms. The number of H-pyrrole nitrogens is 1. The van der Waals surface area contributed by atoms with Crippen LogP contribution in [-0.2, 0) is 12.8 Å². The van der Waals surface area contributed by atoms with Crippen molar-refractivity contribution in [3.63, 3.8) is 0 Å². The third kappa shape index (κ3) is 2.09. The Bertz CT molecular complexity index is 551. The number of carbonyl (C=O) groups is 1. The number of amides is 1. The van der Waals surface area contributed by atoms with Crippen molar-refractivity contribution in [3.05, 3.63) is 41.2 Å². The van der Waals surface area contributed by atoms with Gasteiger partial charge in [-0.15, -0.1) is 10.2 Å². The number of hydrogen-bond acceptors (Lipinski definition) is 4. The summed E-state index contributed by atoms with van der Waals surface area (Å²) in [5.41, 5.74) is 2.68. The van der Waals surface area contributed by atoms with Crippen molar-refractivity contribution in [1.82, 2.24) is 25.9 Å². The summed E-state index contributed by atoms with van der Waals surface area (Å²) in [7, 11) is 0. The van der Waals surface area contributed by atoms with Crippen molar-refractivity contribution in [2.45, 2.75) is 25.3 Å². The van der Waals surface area contributed by atoms with Crippen LogP contribution >= 0.6 is 0 Å². The van der Waals surface area contributed by atoms with E-state index in [2.05, 4.69) is 44.1 Å². The second kappa shape index (κ2) is 4.56. The molecule has 0 fully saturated rings. The van der Waals surface area contributed by atoms with Crippen LogP contribution in [0.25, 0.3) is 0 Å². The molecule has 2 N–H and O–H groups in total. The number of fused-ring (bicyclic) bond motifs is 1. The first-order valence-corrected chi connectivity index (χ1v) is 5.94. The fourth-order valence-corrected chi connectivity index (χ4v) is 2.33. The molecule has 3 rings (SSSR count). The van der Waals surface area contributed by atoms with Crippen LogP contribution in [0.15, 0.2) is 24.3 Å². The molecule has 0 radical (unpaired) electrons. The van der Waals surface area contributed by atoms with E-state index < -0.39 is 0 Å². The van der Waals surface area contributed by atoms with Gasteiger partial charge in [0.15, 0.2) is 0 Å². The smallest absolute Gasteiger partial charge is 0.293 e. The van der Waals surface area contributed by atoms with Gasteiger partial charge in [0, 0.05) is 6.04 Å². The zero-order valence-electron chi connectivity index (χ0n) is 9.76. The van der Waals surface area contributed by atoms with Gasteiger partial charge >= 0.3 is 0 Å². The Morgan fingerprint density at radius 1 is 1.33 bits per heavy atom. The molecule has 0 bridgehead atoms. The highest BCUT2D eigenvalue weighted by Gasteiger charge is 2.21. The first-order valence-electron chi connectivity index (χ1n) is 5.94. The summed E-state index contributed by atoms with van der Waals surface area (Å²) in [5.74, 6) is -0.179. The second-order valence-electron chi connectivity index (χ2n) is 4.42. The van der Waals surface area contributed by atoms with E-state index in [9.17, 15) is 4.79 Å². The minimum Gasteiger partial charge on any atom is -0.346 e. The monoisotopic (exact) mass is 243 g/mol. The van der Waals surface area contributed by atoms with Gasteiger partial charge in [0.2, 0.25) is 0 Å². The van der Waals surface area contributed by atoms with Crippen LogP contribution in [0.2, 0.25) is 0 Å². The molecule has 6 heteroatoms. The molecule has 6 nitrogen and oxygen atoms in total. The maximum absolute atomic E-state index is 11.8. The van der Waals surface area contributed by atoms with Gasteiger partial charge in [-0.25, -0.2) is 0 Å². The summed E-state index contributed by atoms with van der Waals surface area (Å²) in [6.45, 7) is 0. The number of carbonyl (C=O) groups excluding carboxylic acids is 1. The van der Waals surface area contributed by atoms with Crippen LogP contribution in [0.5, 0.6) is 0 Å². The third-order valence-corrected chi connectivity index (χ3v) is 3.23. The molecule has 92 valence electrons. The standard InChI is InChI=1S/C12H13N5O/c18-12(11-14-16-17-15-11)13-10-6-5-8-3-1-2-4-9(8)7-10/h1-4,10H,5-7H2,(H,13,18)(H,14,15,16,17). The molecule has 0 saturated carbocycles. The highest BCUT2D eigenvalue weighted by Crippen LogP contribution is 2.21. The van der Waals surface area contributed by atoms with Crippen LogP contribution in [0.4, 0.5) is 0 Å². The number of nitrogens with zero attached hydrogens (tertiary/aromatic N) is 3. The van der Waals surface area contributed by atoms with Gasteiger partial charge in [0.25, 0.3) is 11.7 Å². The van der Waals surface area contributed by atoms with Crippen molar-refractivity contribution >= 4 is 5.91 Å². The van der Waals surface area contributed by atoms with Crippen molar-refractivity contribution in [2.24, 2.45) is 0 Å². The number of hydrogen-bond donors (Lipinski definition) is 2. The van der Waals surface area contributed by atoms with E-state index in [1.54, 1.807) is 0 Å². The van der Waals surface area contributed by atoms with Crippen LogP contribution in [0.3, 0.4) is 0 Å². The summed E-state index contributed by atoms with van der Waals surface area (Å²) >= 11 is 0. The summed E-state index contributed by atoms with van der Waals surface area (Å²) in [5, 5.41) is 15.9. The molecule has 0 aliphatic heterocycles. The first-order chi connectivity index (χ1) is 8.83. The lowest BCUT2D eigenvalue weighted by atomic mass is 9.88. The lowest BCUT2D eigenvalue weighted by molar-refractivity contribution is 0.0923. The summed E-state index contributed by atoms with van der Waals surface area (Å²) in [6.07, 6.45) is 2.80.